The normalized spacial score (nSPS) is 14.0. The molecule has 3 heterocycles. The molecule has 1 aliphatic rings. The summed E-state index contributed by atoms with van der Waals surface area (Å²) in [5.41, 5.74) is 2.05. The van der Waals surface area contributed by atoms with Crippen LogP contribution in [-0.2, 0) is 6.54 Å². The van der Waals surface area contributed by atoms with Crippen LogP contribution >= 0.6 is 0 Å². The summed E-state index contributed by atoms with van der Waals surface area (Å²) in [5, 5.41) is 12.0. The maximum absolute atomic E-state index is 8.71. The molecule has 2 aromatic heterocycles. The SMILES string of the molecule is OCCOc1ccc(NCc2ccc(N3CCCC3)nc2)cn1. The maximum atomic E-state index is 8.71. The lowest BCUT2D eigenvalue weighted by Gasteiger charge is -2.16. The summed E-state index contributed by atoms with van der Waals surface area (Å²) in [5.74, 6) is 1.58. The molecule has 0 bridgehead atoms. The highest BCUT2D eigenvalue weighted by atomic mass is 16.5. The third kappa shape index (κ3) is 4.32. The molecular weight excluding hydrogens is 292 g/mol. The van der Waals surface area contributed by atoms with Crippen LogP contribution in [-0.4, -0.2) is 41.4 Å². The fourth-order valence-corrected chi connectivity index (χ4v) is 2.58. The van der Waals surface area contributed by atoms with E-state index < -0.39 is 0 Å². The molecule has 0 radical (unpaired) electrons. The molecule has 122 valence electrons. The Bertz CT molecular complexity index is 595. The van der Waals surface area contributed by atoms with E-state index in [4.69, 9.17) is 9.84 Å². The average Bonchev–Trinajstić information content (AvgIpc) is 3.14. The Morgan fingerprint density at radius 2 is 1.96 bits per heavy atom. The quantitative estimate of drug-likeness (QED) is 0.815. The third-order valence-corrected chi connectivity index (χ3v) is 3.81. The van der Waals surface area contributed by atoms with E-state index in [2.05, 4.69) is 32.3 Å². The molecule has 1 fully saturated rings. The van der Waals surface area contributed by atoms with Gasteiger partial charge in [0.05, 0.1) is 18.5 Å². The van der Waals surface area contributed by atoms with Gasteiger partial charge in [0.25, 0.3) is 0 Å². The molecule has 0 aliphatic carbocycles. The van der Waals surface area contributed by atoms with Crippen LogP contribution < -0.4 is 15.0 Å². The number of pyridine rings is 2. The Morgan fingerprint density at radius 1 is 1.09 bits per heavy atom. The molecular formula is C17H22N4O2. The number of anilines is 2. The highest BCUT2D eigenvalue weighted by Crippen LogP contribution is 2.18. The molecule has 6 heteroatoms. The van der Waals surface area contributed by atoms with Crippen molar-refractivity contribution in [2.24, 2.45) is 0 Å². The second-order valence-corrected chi connectivity index (χ2v) is 5.53. The van der Waals surface area contributed by atoms with E-state index in [1.807, 2.05) is 12.3 Å². The lowest BCUT2D eigenvalue weighted by Crippen LogP contribution is -2.18. The van der Waals surface area contributed by atoms with E-state index in [0.717, 1.165) is 30.2 Å². The van der Waals surface area contributed by atoms with Crippen molar-refractivity contribution in [3.63, 3.8) is 0 Å². The zero-order valence-corrected chi connectivity index (χ0v) is 13.1. The Balaban J connectivity index is 1.51. The number of hydrogen-bond acceptors (Lipinski definition) is 6. The first-order valence-corrected chi connectivity index (χ1v) is 7.98. The van der Waals surface area contributed by atoms with Gasteiger partial charge in [-0.2, -0.15) is 0 Å². The van der Waals surface area contributed by atoms with E-state index in [-0.39, 0.29) is 13.2 Å². The molecule has 1 saturated heterocycles. The predicted molar refractivity (Wildman–Crippen MR) is 89.8 cm³/mol. The summed E-state index contributed by atoms with van der Waals surface area (Å²) in [7, 11) is 0. The van der Waals surface area contributed by atoms with Crippen LogP contribution in [0.25, 0.3) is 0 Å². The summed E-state index contributed by atoms with van der Waals surface area (Å²) in [6.45, 7) is 3.17. The lowest BCUT2D eigenvalue weighted by atomic mass is 10.2. The highest BCUT2D eigenvalue weighted by molar-refractivity contribution is 5.44. The number of rotatable bonds is 7. The van der Waals surface area contributed by atoms with Crippen molar-refractivity contribution in [2.75, 3.05) is 36.5 Å². The van der Waals surface area contributed by atoms with Gasteiger partial charge >= 0.3 is 0 Å². The largest absolute Gasteiger partial charge is 0.475 e. The maximum Gasteiger partial charge on any atom is 0.213 e. The van der Waals surface area contributed by atoms with Gasteiger partial charge < -0.3 is 20.1 Å². The van der Waals surface area contributed by atoms with Gasteiger partial charge in [0, 0.05) is 31.9 Å². The van der Waals surface area contributed by atoms with Gasteiger partial charge in [-0.1, -0.05) is 6.07 Å². The minimum Gasteiger partial charge on any atom is -0.475 e. The molecule has 2 aromatic rings. The molecule has 23 heavy (non-hydrogen) atoms. The van der Waals surface area contributed by atoms with Gasteiger partial charge in [-0.3, -0.25) is 0 Å². The Hall–Kier alpha value is -2.34. The van der Waals surface area contributed by atoms with Crippen molar-refractivity contribution in [2.45, 2.75) is 19.4 Å². The van der Waals surface area contributed by atoms with Gasteiger partial charge in [-0.25, -0.2) is 9.97 Å². The molecule has 0 spiro atoms. The minimum atomic E-state index is -0.0118. The predicted octanol–water partition coefficient (Wildman–Crippen LogP) is 2.06. The zero-order chi connectivity index (χ0) is 15.9. The molecule has 6 nitrogen and oxygen atoms in total. The smallest absolute Gasteiger partial charge is 0.213 e. The Kier molecular flexibility index (Phi) is 5.26. The summed E-state index contributed by atoms with van der Waals surface area (Å²) < 4.78 is 5.23. The molecule has 0 unspecified atom stereocenters. The van der Waals surface area contributed by atoms with Gasteiger partial charge in [0.2, 0.25) is 5.88 Å². The first kappa shape index (κ1) is 15.6. The second kappa shape index (κ2) is 7.78. The number of aromatic nitrogens is 2. The first-order chi connectivity index (χ1) is 11.3. The van der Waals surface area contributed by atoms with Gasteiger partial charge in [0.1, 0.15) is 12.4 Å². The summed E-state index contributed by atoms with van der Waals surface area (Å²) in [6, 6.07) is 7.89. The number of nitrogens with one attached hydrogen (secondary N) is 1. The summed E-state index contributed by atoms with van der Waals surface area (Å²) >= 11 is 0. The number of nitrogens with zero attached hydrogens (tertiary/aromatic N) is 3. The summed E-state index contributed by atoms with van der Waals surface area (Å²) in [6.07, 6.45) is 6.16. The monoisotopic (exact) mass is 314 g/mol. The van der Waals surface area contributed by atoms with Crippen LogP contribution in [0.2, 0.25) is 0 Å². The molecule has 1 aliphatic heterocycles. The van der Waals surface area contributed by atoms with Gasteiger partial charge in [-0.15, -0.1) is 0 Å². The molecule has 0 saturated carbocycles. The lowest BCUT2D eigenvalue weighted by molar-refractivity contribution is 0.196. The zero-order valence-electron chi connectivity index (χ0n) is 13.1. The highest BCUT2D eigenvalue weighted by Gasteiger charge is 2.12. The van der Waals surface area contributed by atoms with Crippen LogP contribution in [0.5, 0.6) is 5.88 Å². The molecule has 0 atom stereocenters. The van der Waals surface area contributed by atoms with Crippen molar-refractivity contribution < 1.29 is 9.84 Å². The fraction of sp³-hybridized carbons (Fsp3) is 0.412. The van der Waals surface area contributed by atoms with Crippen LogP contribution in [0.1, 0.15) is 18.4 Å². The Morgan fingerprint density at radius 3 is 2.61 bits per heavy atom. The van der Waals surface area contributed by atoms with Crippen LogP contribution in [0, 0.1) is 0 Å². The second-order valence-electron chi connectivity index (χ2n) is 5.53. The topological polar surface area (TPSA) is 70.5 Å². The van der Waals surface area contributed by atoms with Crippen molar-refractivity contribution >= 4 is 11.5 Å². The van der Waals surface area contributed by atoms with E-state index >= 15 is 0 Å². The molecule has 0 aromatic carbocycles. The van der Waals surface area contributed by atoms with Crippen LogP contribution in [0.15, 0.2) is 36.7 Å². The molecule has 0 amide bonds. The standard InChI is InChI=1S/C17H22N4O2/c22-9-10-23-17-6-4-15(13-20-17)18-11-14-3-5-16(19-12-14)21-7-1-2-8-21/h3-6,12-13,18,22H,1-2,7-11H2. The van der Waals surface area contributed by atoms with E-state index in [9.17, 15) is 0 Å². The van der Waals surface area contributed by atoms with E-state index in [1.54, 1.807) is 12.3 Å². The van der Waals surface area contributed by atoms with Crippen LogP contribution in [0.4, 0.5) is 11.5 Å². The van der Waals surface area contributed by atoms with Crippen molar-refractivity contribution in [3.05, 3.63) is 42.2 Å². The molecule has 3 rings (SSSR count). The summed E-state index contributed by atoms with van der Waals surface area (Å²) in [4.78, 5) is 11.0. The Labute approximate surface area is 136 Å². The van der Waals surface area contributed by atoms with Crippen molar-refractivity contribution in [1.29, 1.82) is 0 Å². The van der Waals surface area contributed by atoms with Crippen molar-refractivity contribution in [1.82, 2.24) is 9.97 Å². The molecule has 2 N–H and O–H groups in total. The minimum absolute atomic E-state index is 0.0118. The number of ether oxygens (including phenoxy) is 1. The fourth-order valence-electron chi connectivity index (χ4n) is 2.58. The van der Waals surface area contributed by atoms with Crippen molar-refractivity contribution in [3.8, 4) is 5.88 Å². The van der Waals surface area contributed by atoms with Gasteiger partial charge in [0.15, 0.2) is 0 Å². The number of aliphatic hydroxyl groups excluding tert-OH is 1. The van der Waals surface area contributed by atoms with E-state index in [0.29, 0.717) is 12.4 Å². The van der Waals surface area contributed by atoms with E-state index in [1.165, 1.54) is 12.8 Å². The number of aliphatic hydroxyl groups is 1. The third-order valence-electron chi connectivity index (χ3n) is 3.81. The van der Waals surface area contributed by atoms with Crippen LogP contribution in [0.3, 0.4) is 0 Å². The van der Waals surface area contributed by atoms with Gasteiger partial charge in [-0.05, 0) is 30.5 Å². The average molecular weight is 314 g/mol. The number of hydrogen-bond donors (Lipinski definition) is 2. The first-order valence-electron chi connectivity index (χ1n) is 7.98.